The van der Waals surface area contributed by atoms with Crippen molar-refractivity contribution in [3.63, 3.8) is 0 Å². The van der Waals surface area contributed by atoms with E-state index in [2.05, 4.69) is 21.3 Å². The predicted molar refractivity (Wildman–Crippen MR) is 141 cm³/mol. The van der Waals surface area contributed by atoms with Gasteiger partial charge in [-0.15, -0.1) is 0 Å². The molecule has 2 heterocycles. The van der Waals surface area contributed by atoms with Crippen LogP contribution in [-0.4, -0.2) is 69.5 Å². The van der Waals surface area contributed by atoms with Gasteiger partial charge in [0.05, 0.1) is 22.0 Å². The number of fused-ring (bicyclic) bond motifs is 7. The number of carbonyl (C=O) groups excluding carboxylic acids is 5. The van der Waals surface area contributed by atoms with Crippen LogP contribution in [0.4, 0.5) is 0 Å². The standard InChI is InChI=1S/C24H36N4O7S2/c1-6-16-21(30)28-20(14(4)5)24(33)35-15-9-7-8-10-36-37(34)12-17(22(31)25-16)26-23(32)19(13(2)3)27-18(29)11-15/h6-7,9,13-15,17,19-20H,8,10-12H2,1-5H3,(H,25,31)(H,26,32)(H,27,29)(H,28,30)/b9-7+,16-6-/t15-,17-,19-,20+,37?/m1/s1. The Kier molecular flexibility index (Phi) is 11.8. The summed E-state index contributed by atoms with van der Waals surface area (Å²) in [5.41, 5.74) is -0.136. The lowest BCUT2D eigenvalue weighted by molar-refractivity contribution is -0.153. The third kappa shape index (κ3) is 9.29. The normalized spacial score (nSPS) is 31.2. The molecule has 0 radical (unpaired) electrons. The van der Waals surface area contributed by atoms with Crippen LogP contribution in [0.25, 0.3) is 0 Å². The first kappa shape index (κ1) is 30.6. The van der Waals surface area contributed by atoms with Gasteiger partial charge in [-0.25, -0.2) is 9.00 Å². The van der Waals surface area contributed by atoms with Crippen LogP contribution < -0.4 is 21.3 Å². The van der Waals surface area contributed by atoms with E-state index in [1.807, 2.05) is 0 Å². The third-order valence-electron chi connectivity index (χ3n) is 5.70. The molecular weight excluding hydrogens is 520 g/mol. The van der Waals surface area contributed by atoms with E-state index in [4.69, 9.17) is 4.74 Å². The Morgan fingerprint density at radius 3 is 2.30 bits per heavy atom. The Bertz CT molecular complexity index is 980. The smallest absolute Gasteiger partial charge is 0.329 e. The minimum absolute atomic E-state index is 0.136. The van der Waals surface area contributed by atoms with Gasteiger partial charge in [0.25, 0.3) is 5.91 Å². The molecule has 4 N–H and O–H groups in total. The number of rotatable bonds is 2. The molecule has 0 aromatic heterocycles. The number of carbonyl (C=O) groups is 5. The van der Waals surface area contributed by atoms with E-state index in [0.717, 1.165) is 10.8 Å². The summed E-state index contributed by atoms with van der Waals surface area (Å²) in [5, 5.41) is 10.3. The molecule has 0 saturated carbocycles. The molecule has 37 heavy (non-hydrogen) atoms. The Morgan fingerprint density at radius 1 is 1.00 bits per heavy atom. The average Bonchev–Trinajstić information content (AvgIpc) is 2.81. The van der Waals surface area contributed by atoms with Gasteiger partial charge < -0.3 is 26.0 Å². The Labute approximate surface area is 223 Å². The van der Waals surface area contributed by atoms with Gasteiger partial charge in [0, 0.05) is 5.75 Å². The zero-order valence-electron chi connectivity index (χ0n) is 21.7. The minimum atomic E-state index is -1.54. The van der Waals surface area contributed by atoms with Gasteiger partial charge in [0.2, 0.25) is 17.7 Å². The molecule has 2 bridgehead atoms. The van der Waals surface area contributed by atoms with Crippen LogP contribution in [0.1, 0.15) is 47.5 Å². The van der Waals surface area contributed by atoms with Crippen molar-refractivity contribution < 1.29 is 32.9 Å². The number of esters is 1. The maximum Gasteiger partial charge on any atom is 0.329 e. The first-order valence-electron chi connectivity index (χ1n) is 12.2. The second-order valence-electron chi connectivity index (χ2n) is 9.43. The highest BCUT2D eigenvalue weighted by atomic mass is 33.1. The molecule has 206 valence electrons. The van der Waals surface area contributed by atoms with Gasteiger partial charge in [0.1, 0.15) is 29.9 Å². The first-order valence-corrected chi connectivity index (χ1v) is 15.0. The van der Waals surface area contributed by atoms with Crippen LogP contribution in [0.3, 0.4) is 0 Å². The minimum Gasteiger partial charge on any atom is -0.456 e. The lowest BCUT2D eigenvalue weighted by Gasteiger charge is -2.27. The van der Waals surface area contributed by atoms with Gasteiger partial charge in [-0.1, -0.05) is 50.6 Å². The molecule has 2 aliphatic heterocycles. The zero-order valence-corrected chi connectivity index (χ0v) is 23.3. The molecule has 0 aromatic rings. The SMILES string of the molecule is C/C=C1\NC(=O)[C@H]2CS(=O)SCC/C=C/[C@H](CC(=O)N[C@H](C(C)C)C(=O)N2)OC(=O)[C@H](C(C)C)NC1=O. The second kappa shape index (κ2) is 14.3. The summed E-state index contributed by atoms with van der Waals surface area (Å²) in [7, 11) is -0.434. The molecule has 1 unspecified atom stereocenters. The molecule has 2 rings (SSSR count). The fourth-order valence-electron chi connectivity index (χ4n) is 3.60. The van der Waals surface area contributed by atoms with Gasteiger partial charge in [-0.05, 0) is 31.3 Å². The van der Waals surface area contributed by atoms with Gasteiger partial charge >= 0.3 is 5.97 Å². The van der Waals surface area contributed by atoms with Crippen LogP contribution in [0, 0.1) is 11.8 Å². The topological polar surface area (TPSA) is 160 Å². The number of nitrogens with one attached hydrogen (secondary N) is 4. The summed E-state index contributed by atoms with van der Waals surface area (Å²) in [4.78, 5) is 65.2. The molecule has 1 fully saturated rings. The monoisotopic (exact) mass is 556 g/mol. The summed E-state index contributed by atoms with van der Waals surface area (Å²) in [6.07, 6.45) is 3.93. The predicted octanol–water partition coefficient (Wildman–Crippen LogP) is 0.445. The van der Waals surface area contributed by atoms with Crippen LogP contribution in [0.2, 0.25) is 0 Å². The molecule has 0 spiro atoms. The fourth-order valence-corrected chi connectivity index (χ4v) is 6.17. The lowest BCUT2D eigenvalue weighted by atomic mass is 10.0. The Hall–Kier alpha value is -2.67. The van der Waals surface area contributed by atoms with E-state index < -0.39 is 63.7 Å². The van der Waals surface area contributed by atoms with Crippen LogP contribution >= 0.6 is 10.8 Å². The summed E-state index contributed by atoms with van der Waals surface area (Å²) in [6, 6.07) is -3.30. The van der Waals surface area contributed by atoms with E-state index in [-0.39, 0.29) is 29.7 Å². The first-order chi connectivity index (χ1) is 17.4. The van der Waals surface area contributed by atoms with Crippen LogP contribution in [0.15, 0.2) is 23.9 Å². The Balaban J connectivity index is 2.60. The van der Waals surface area contributed by atoms with E-state index in [9.17, 15) is 28.2 Å². The van der Waals surface area contributed by atoms with Crippen molar-refractivity contribution in [2.24, 2.45) is 11.8 Å². The van der Waals surface area contributed by atoms with Crippen molar-refractivity contribution in [3.8, 4) is 0 Å². The summed E-state index contributed by atoms with van der Waals surface area (Å²) in [6.45, 7) is 8.44. The molecule has 4 amide bonds. The molecule has 13 heteroatoms. The van der Waals surface area contributed by atoms with Crippen molar-refractivity contribution in [1.29, 1.82) is 0 Å². The highest BCUT2D eigenvalue weighted by Crippen LogP contribution is 2.15. The molecule has 0 aliphatic carbocycles. The van der Waals surface area contributed by atoms with Crippen LogP contribution in [-0.2, 0) is 38.5 Å². The number of amides is 4. The van der Waals surface area contributed by atoms with E-state index in [0.29, 0.717) is 12.2 Å². The number of hydrogen-bond donors (Lipinski definition) is 4. The molecule has 0 aromatic carbocycles. The second-order valence-corrected chi connectivity index (χ2v) is 12.8. The maximum absolute atomic E-state index is 13.2. The number of allylic oxidation sites excluding steroid dienone is 2. The highest BCUT2D eigenvalue weighted by molar-refractivity contribution is 8.69. The van der Waals surface area contributed by atoms with Crippen molar-refractivity contribution in [3.05, 3.63) is 23.9 Å². The van der Waals surface area contributed by atoms with E-state index in [1.165, 1.54) is 13.0 Å². The molecule has 2 aliphatic rings. The summed E-state index contributed by atoms with van der Waals surface area (Å²) >= 11 is 0. The van der Waals surface area contributed by atoms with Crippen molar-refractivity contribution >= 4 is 50.2 Å². The quantitative estimate of drug-likeness (QED) is 0.165. The van der Waals surface area contributed by atoms with Crippen LogP contribution in [0.5, 0.6) is 0 Å². The van der Waals surface area contributed by atoms with Crippen molar-refractivity contribution in [2.45, 2.75) is 71.7 Å². The van der Waals surface area contributed by atoms with Gasteiger partial charge in [0.15, 0.2) is 0 Å². The van der Waals surface area contributed by atoms with E-state index in [1.54, 1.807) is 39.8 Å². The summed E-state index contributed by atoms with van der Waals surface area (Å²) in [5.74, 6) is -3.87. The van der Waals surface area contributed by atoms with Crippen molar-refractivity contribution in [2.75, 3.05) is 11.5 Å². The summed E-state index contributed by atoms with van der Waals surface area (Å²) < 4.78 is 18.3. The van der Waals surface area contributed by atoms with Gasteiger partial charge in [-0.2, -0.15) is 0 Å². The molecule has 1 saturated heterocycles. The lowest BCUT2D eigenvalue weighted by Crippen LogP contribution is -2.57. The molecule has 5 atom stereocenters. The fraction of sp³-hybridized carbons (Fsp3) is 0.625. The van der Waals surface area contributed by atoms with Gasteiger partial charge in [-0.3, -0.25) is 19.2 Å². The molecular formula is C24H36N4O7S2. The van der Waals surface area contributed by atoms with Crippen molar-refractivity contribution in [1.82, 2.24) is 21.3 Å². The number of ether oxygens (including phenoxy) is 1. The average molecular weight is 557 g/mol. The Morgan fingerprint density at radius 2 is 1.68 bits per heavy atom. The molecule has 11 nitrogen and oxygen atoms in total. The zero-order chi connectivity index (χ0) is 27.7. The maximum atomic E-state index is 13.2. The third-order valence-corrected chi connectivity index (χ3v) is 8.67. The largest absolute Gasteiger partial charge is 0.456 e. The number of hydrogen-bond acceptors (Lipinski definition) is 8. The highest BCUT2D eigenvalue weighted by Gasteiger charge is 2.34. The van der Waals surface area contributed by atoms with E-state index >= 15 is 0 Å².